The van der Waals surface area contributed by atoms with E-state index >= 15 is 0 Å². The summed E-state index contributed by atoms with van der Waals surface area (Å²) in [4.78, 5) is 13.8. The van der Waals surface area contributed by atoms with Gasteiger partial charge in [0.15, 0.2) is 0 Å². The predicted molar refractivity (Wildman–Crippen MR) is 33.1 cm³/mol. The fourth-order valence-corrected chi connectivity index (χ4v) is 0.768. The summed E-state index contributed by atoms with van der Waals surface area (Å²) in [5, 5.41) is 2.69. The summed E-state index contributed by atoms with van der Waals surface area (Å²) < 4.78 is 3.64. The van der Waals surface area contributed by atoms with Gasteiger partial charge in [-0.1, -0.05) is 0 Å². The van der Waals surface area contributed by atoms with E-state index in [0.29, 0.717) is 5.13 Å². The lowest BCUT2D eigenvalue weighted by molar-refractivity contribution is 0.259. The van der Waals surface area contributed by atoms with Gasteiger partial charge in [-0.25, -0.2) is 9.78 Å². The van der Waals surface area contributed by atoms with E-state index in [1.165, 1.54) is 6.33 Å². The normalized spacial score (nSPS) is 8.89. The van der Waals surface area contributed by atoms with E-state index in [4.69, 9.17) is 5.73 Å². The average molecular weight is 144 g/mol. The van der Waals surface area contributed by atoms with Gasteiger partial charge in [0.2, 0.25) is 5.13 Å². The van der Waals surface area contributed by atoms with Crippen molar-refractivity contribution in [2.24, 2.45) is 5.73 Å². The van der Waals surface area contributed by atoms with Crippen molar-refractivity contribution < 1.29 is 4.79 Å². The second-order valence-corrected chi connectivity index (χ2v) is 2.02. The molecular formula is C3H4N4OS. The fourth-order valence-electron chi connectivity index (χ4n) is 0.334. The highest BCUT2D eigenvalue weighted by Gasteiger charge is 1.95. The molecular weight excluding hydrogens is 140 g/mol. The standard InChI is InChI=1S/C3H4N4OS/c4-2(8)7-3-5-1-6-9-3/h1H,(H3,4,5,6,7,8). The highest BCUT2D eigenvalue weighted by atomic mass is 32.1. The van der Waals surface area contributed by atoms with E-state index in [9.17, 15) is 4.79 Å². The second kappa shape index (κ2) is 2.40. The smallest absolute Gasteiger partial charge is 0.318 e. The van der Waals surface area contributed by atoms with Crippen LogP contribution in [-0.4, -0.2) is 15.4 Å². The third kappa shape index (κ3) is 1.65. The molecule has 48 valence electrons. The predicted octanol–water partition coefficient (Wildman–Crippen LogP) is 0.0287. The molecule has 2 amide bonds. The molecule has 0 spiro atoms. The van der Waals surface area contributed by atoms with E-state index in [2.05, 4.69) is 14.7 Å². The van der Waals surface area contributed by atoms with Crippen LogP contribution in [-0.2, 0) is 0 Å². The van der Waals surface area contributed by atoms with E-state index in [0.717, 1.165) is 11.5 Å². The third-order valence-corrected chi connectivity index (χ3v) is 1.17. The summed E-state index contributed by atoms with van der Waals surface area (Å²) in [7, 11) is 0. The number of hydrogen-bond donors (Lipinski definition) is 2. The molecule has 0 atom stereocenters. The van der Waals surface area contributed by atoms with Gasteiger partial charge in [-0.05, 0) is 0 Å². The van der Waals surface area contributed by atoms with Crippen molar-refractivity contribution in [3.8, 4) is 0 Å². The number of carbonyl (C=O) groups is 1. The first-order valence-electron chi connectivity index (χ1n) is 2.12. The van der Waals surface area contributed by atoms with Crippen LogP contribution in [0.1, 0.15) is 0 Å². The summed E-state index contributed by atoms with van der Waals surface area (Å²) in [5.74, 6) is 0. The number of primary amides is 1. The molecule has 0 saturated carbocycles. The maximum atomic E-state index is 10.1. The molecule has 0 radical (unpaired) electrons. The molecule has 1 rings (SSSR count). The summed E-state index contributed by atoms with van der Waals surface area (Å²) in [6.07, 6.45) is 1.34. The minimum Gasteiger partial charge on any atom is -0.351 e. The van der Waals surface area contributed by atoms with Crippen LogP contribution in [0.5, 0.6) is 0 Å². The Morgan fingerprint density at radius 2 is 2.67 bits per heavy atom. The van der Waals surface area contributed by atoms with E-state index in [1.807, 2.05) is 0 Å². The number of aromatic nitrogens is 2. The van der Waals surface area contributed by atoms with Crippen LogP contribution in [0.2, 0.25) is 0 Å². The van der Waals surface area contributed by atoms with Gasteiger partial charge in [0, 0.05) is 11.5 Å². The Bertz CT molecular complexity index is 196. The highest BCUT2D eigenvalue weighted by Crippen LogP contribution is 2.04. The van der Waals surface area contributed by atoms with Crippen LogP contribution in [0.15, 0.2) is 6.33 Å². The second-order valence-electron chi connectivity index (χ2n) is 1.24. The van der Waals surface area contributed by atoms with Gasteiger partial charge in [0.1, 0.15) is 6.33 Å². The number of urea groups is 1. The van der Waals surface area contributed by atoms with Crippen LogP contribution >= 0.6 is 11.5 Å². The monoisotopic (exact) mass is 144 g/mol. The molecule has 6 heteroatoms. The largest absolute Gasteiger partial charge is 0.351 e. The molecule has 0 aliphatic heterocycles. The number of amides is 2. The molecule has 0 bridgehead atoms. The number of carbonyl (C=O) groups excluding carboxylic acids is 1. The molecule has 0 fully saturated rings. The SMILES string of the molecule is NC(=O)Nc1ncns1. The lowest BCUT2D eigenvalue weighted by Crippen LogP contribution is -2.18. The molecule has 1 heterocycles. The van der Waals surface area contributed by atoms with Crippen molar-refractivity contribution in [3.05, 3.63) is 6.33 Å². The first kappa shape index (κ1) is 5.96. The van der Waals surface area contributed by atoms with E-state index in [1.54, 1.807) is 0 Å². The van der Waals surface area contributed by atoms with Crippen molar-refractivity contribution in [2.75, 3.05) is 5.32 Å². The van der Waals surface area contributed by atoms with Gasteiger partial charge in [0.25, 0.3) is 0 Å². The first-order valence-corrected chi connectivity index (χ1v) is 2.89. The minimum absolute atomic E-state index is 0.419. The average Bonchev–Trinajstić information content (AvgIpc) is 2.15. The number of nitrogens with one attached hydrogen (secondary N) is 1. The highest BCUT2D eigenvalue weighted by molar-refractivity contribution is 7.09. The van der Waals surface area contributed by atoms with Crippen LogP contribution < -0.4 is 11.1 Å². The van der Waals surface area contributed by atoms with Gasteiger partial charge >= 0.3 is 6.03 Å². The summed E-state index contributed by atoms with van der Waals surface area (Å²) in [6, 6.07) is -0.619. The topological polar surface area (TPSA) is 80.9 Å². The van der Waals surface area contributed by atoms with Gasteiger partial charge in [-0.2, -0.15) is 4.37 Å². The first-order chi connectivity index (χ1) is 4.29. The Morgan fingerprint density at radius 1 is 1.89 bits per heavy atom. The Morgan fingerprint density at radius 3 is 3.11 bits per heavy atom. The van der Waals surface area contributed by atoms with E-state index in [-0.39, 0.29) is 0 Å². The zero-order valence-electron chi connectivity index (χ0n) is 4.37. The number of anilines is 1. The van der Waals surface area contributed by atoms with Gasteiger partial charge < -0.3 is 5.73 Å². The summed E-state index contributed by atoms with van der Waals surface area (Å²) in [5.41, 5.74) is 4.77. The quantitative estimate of drug-likeness (QED) is 0.583. The number of nitrogens with two attached hydrogens (primary N) is 1. The molecule has 0 unspecified atom stereocenters. The molecule has 5 nitrogen and oxygen atoms in total. The molecule has 0 saturated heterocycles. The zero-order valence-corrected chi connectivity index (χ0v) is 5.18. The van der Waals surface area contributed by atoms with Crippen molar-refractivity contribution in [1.29, 1.82) is 0 Å². The van der Waals surface area contributed by atoms with E-state index < -0.39 is 6.03 Å². The lowest BCUT2D eigenvalue weighted by Gasteiger charge is -1.89. The molecule has 3 N–H and O–H groups in total. The Balaban J connectivity index is 2.58. The molecule has 0 aliphatic carbocycles. The van der Waals surface area contributed by atoms with Crippen molar-refractivity contribution in [2.45, 2.75) is 0 Å². The Labute approximate surface area is 55.1 Å². The maximum Gasteiger partial charge on any atom is 0.318 e. The minimum atomic E-state index is -0.619. The van der Waals surface area contributed by atoms with Crippen LogP contribution in [0.3, 0.4) is 0 Å². The molecule has 1 aromatic heterocycles. The van der Waals surface area contributed by atoms with Crippen LogP contribution in [0, 0.1) is 0 Å². The zero-order chi connectivity index (χ0) is 6.69. The maximum absolute atomic E-state index is 10.1. The summed E-state index contributed by atoms with van der Waals surface area (Å²) >= 11 is 1.08. The molecule has 0 aliphatic rings. The van der Waals surface area contributed by atoms with Gasteiger partial charge in [-0.15, -0.1) is 0 Å². The van der Waals surface area contributed by atoms with Crippen LogP contribution in [0.25, 0.3) is 0 Å². The Hall–Kier alpha value is -1.17. The van der Waals surface area contributed by atoms with Gasteiger partial charge in [0.05, 0.1) is 0 Å². The fraction of sp³-hybridized carbons (Fsp3) is 0. The van der Waals surface area contributed by atoms with Crippen molar-refractivity contribution >= 4 is 22.7 Å². The number of nitrogens with zero attached hydrogens (tertiary/aromatic N) is 2. The molecule has 0 aromatic carbocycles. The molecule has 1 aromatic rings. The lowest BCUT2D eigenvalue weighted by atomic mass is 11.0. The number of hydrogen-bond acceptors (Lipinski definition) is 4. The van der Waals surface area contributed by atoms with Crippen LogP contribution in [0.4, 0.5) is 9.93 Å². The molecule has 9 heavy (non-hydrogen) atoms. The third-order valence-electron chi connectivity index (χ3n) is 0.591. The van der Waals surface area contributed by atoms with Crippen molar-refractivity contribution in [3.63, 3.8) is 0 Å². The number of rotatable bonds is 1. The summed E-state index contributed by atoms with van der Waals surface area (Å²) in [6.45, 7) is 0. The van der Waals surface area contributed by atoms with Crippen molar-refractivity contribution in [1.82, 2.24) is 9.36 Å². The Kier molecular flexibility index (Phi) is 1.59. The van der Waals surface area contributed by atoms with Gasteiger partial charge in [-0.3, -0.25) is 5.32 Å².